The minimum absolute atomic E-state index is 0.0721. The third-order valence-electron chi connectivity index (χ3n) is 3.14. The van der Waals surface area contributed by atoms with E-state index in [9.17, 15) is 4.79 Å². The fourth-order valence-corrected chi connectivity index (χ4v) is 2.14. The highest BCUT2D eigenvalue weighted by atomic mass is 16.7. The van der Waals surface area contributed by atoms with Crippen molar-refractivity contribution >= 4 is 5.97 Å². The predicted molar refractivity (Wildman–Crippen MR) is 67.8 cm³/mol. The lowest BCUT2D eigenvalue weighted by molar-refractivity contribution is -0.208. The van der Waals surface area contributed by atoms with E-state index in [1.807, 2.05) is 25.1 Å². The van der Waals surface area contributed by atoms with Crippen molar-refractivity contribution in [1.29, 1.82) is 0 Å². The first-order valence-corrected chi connectivity index (χ1v) is 6.23. The Morgan fingerprint density at radius 3 is 2.83 bits per heavy atom. The highest BCUT2D eigenvalue weighted by molar-refractivity contribution is 5.66. The summed E-state index contributed by atoms with van der Waals surface area (Å²) in [5.74, 6) is -0.298. The number of hydrogen-bond donors (Lipinski definition) is 0. The minimum atomic E-state index is -0.458. The van der Waals surface area contributed by atoms with E-state index >= 15 is 0 Å². The van der Waals surface area contributed by atoms with E-state index in [0.717, 1.165) is 13.1 Å². The zero-order valence-corrected chi connectivity index (χ0v) is 10.8. The third-order valence-corrected chi connectivity index (χ3v) is 3.14. The van der Waals surface area contributed by atoms with Crippen LogP contribution in [0, 0.1) is 0 Å². The fourth-order valence-electron chi connectivity index (χ4n) is 2.14. The fraction of sp³-hybridized carbons (Fsp3) is 0.500. The first kappa shape index (κ1) is 13.1. The molecule has 2 atom stereocenters. The topological polar surface area (TPSA) is 38.8 Å². The van der Waals surface area contributed by atoms with Crippen LogP contribution < -0.4 is 0 Å². The van der Waals surface area contributed by atoms with Crippen LogP contribution >= 0.6 is 0 Å². The number of ether oxygens (including phenoxy) is 2. The lowest BCUT2D eigenvalue weighted by Gasteiger charge is -2.38. The molecule has 0 bridgehead atoms. The molecule has 0 saturated carbocycles. The lowest BCUT2D eigenvalue weighted by Crippen LogP contribution is -2.50. The molecule has 0 aliphatic carbocycles. The zero-order valence-electron chi connectivity index (χ0n) is 10.8. The molecule has 2 rings (SSSR count). The second-order valence-electron chi connectivity index (χ2n) is 4.55. The molecule has 18 heavy (non-hydrogen) atoms. The summed E-state index contributed by atoms with van der Waals surface area (Å²) in [6.45, 7) is 5.73. The Balaban J connectivity index is 1.98. The van der Waals surface area contributed by atoms with Gasteiger partial charge in [-0.1, -0.05) is 30.3 Å². The van der Waals surface area contributed by atoms with Gasteiger partial charge in [0.05, 0.1) is 12.6 Å². The molecule has 0 spiro atoms. The van der Waals surface area contributed by atoms with Crippen molar-refractivity contribution in [2.45, 2.75) is 32.7 Å². The normalized spacial score (nSPS) is 24.8. The van der Waals surface area contributed by atoms with Crippen molar-refractivity contribution < 1.29 is 14.3 Å². The van der Waals surface area contributed by atoms with Crippen molar-refractivity contribution in [2.75, 3.05) is 13.2 Å². The summed E-state index contributed by atoms with van der Waals surface area (Å²) < 4.78 is 10.7. The maximum Gasteiger partial charge on any atom is 0.304 e. The van der Waals surface area contributed by atoms with E-state index in [4.69, 9.17) is 9.47 Å². The standard InChI is InChI=1S/C14H19NO3/c1-11-14(18-12(2)16)17-9-8-15(11)10-13-6-4-3-5-7-13/h3-7,11,14H,8-10H2,1-2H3. The van der Waals surface area contributed by atoms with Crippen molar-refractivity contribution in [3.63, 3.8) is 0 Å². The van der Waals surface area contributed by atoms with Crippen LogP contribution in [0.15, 0.2) is 30.3 Å². The predicted octanol–water partition coefficient (Wildman–Crippen LogP) is 1.80. The molecule has 0 amide bonds. The number of hydrogen-bond acceptors (Lipinski definition) is 4. The molecule has 1 aliphatic rings. The first-order chi connectivity index (χ1) is 8.66. The number of esters is 1. The van der Waals surface area contributed by atoms with E-state index in [1.165, 1.54) is 12.5 Å². The second kappa shape index (κ2) is 5.98. The van der Waals surface area contributed by atoms with Crippen molar-refractivity contribution in [3.8, 4) is 0 Å². The Morgan fingerprint density at radius 2 is 2.17 bits per heavy atom. The highest BCUT2D eigenvalue weighted by Gasteiger charge is 2.30. The van der Waals surface area contributed by atoms with E-state index in [1.54, 1.807) is 0 Å². The molecule has 4 nitrogen and oxygen atoms in total. The summed E-state index contributed by atoms with van der Waals surface area (Å²) in [4.78, 5) is 13.3. The highest BCUT2D eigenvalue weighted by Crippen LogP contribution is 2.18. The van der Waals surface area contributed by atoms with Crippen LogP contribution in [0.5, 0.6) is 0 Å². The van der Waals surface area contributed by atoms with Crippen LogP contribution in [0.25, 0.3) is 0 Å². The van der Waals surface area contributed by atoms with Gasteiger partial charge < -0.3 is 9.47 Å². The van der Waals surface area contributed by atoms with Gasteiger partial charge in [0.2, 0.25) is 6.29 Å². The Hall–Kier alpha value is -1.39. The number of carbonyl (C=O) groups is 1. The molecule has 1 heterocycles. The quantitative estimate of drug-likeness (QED) is 0.766. The molecule has 0 radical (unpaired) electrons. The Labute approximate surface area is 107 Å². The zero-order chi connectivity index (χ0) is 13.0. The first-order valence-electron chi connectivity index (χ1n) is 6.23. The molecule has 2 unspecified atom stereocenters. The van der Waals surface area contributed by atoms with E-state index in [-0.39, 0.29) is 12.0 Å². The number of benzene rings is 1. The molecule has 1 aromatic rings. The van der Waals surface area contributed by atoms with Gasteiger partial charge in [0.25, 0.3) is 0 Å². The summed E-state index contributed by atoms with van der Waals surface area (Å²) >= 11 is 0. The van der Waals surface area contributed by atoms with Gasteiger partial charge in [0, 0.05) is 20.0 Å². The molecule has 98 valence electrons. The maximum atomic E-state index is 11.0. The van der Waals surface area contributed by atoms with Gasteiger partial charge in [-0.05, 0) is 12.5 Å². The molecular weight excluding hydrogens is 230 g/mol. The van der Waals surface area contributed by atoms with E-state index in [2.05, 4.69) is 17.0 Å². The number of morpholine rings is 1. The summed E-state index contributed by atoms with van der Waals surface area (Å²) in [6, 6.07) is 10.3. The molecular formula is C14H19NO3. The average Bonchev–Trinajstić information content (AvgIpc) is 2.35. The van der Waals surface area contributed by atoms with Crippen molar-refractivity contribution in [1.82, 2.24) is 4.90 Å². The summed E-state index contributed by atoms with van der Waals surface area (Å²) in [5.41, 5.74) is 1.26. The van der Waals surface area contributed by atoms with Crippen molar-refractivity contribution in [3.05, 3.63) is 35.9 Å². The van der Waals surface area contributed by atoms with Gasteiger partial charge in [-0.25, -0.2) is 0 Å². The molecule has 0 aromatic heterocycles. The van der Waals surface area contributed by atoms with Crippen molar-refractivity contribution in [2.24, 2.45) is 0 Å². The molecule has 0 N–H and O–H groups in total. The van der Waals surface area contributed by atoms with Crippen LogP contribution in [0.2, 0.25) is 0 Å². The largest absolute Gasteiger partial charge is 0.434 e. The molecule has 1 aliphatic heterocycles. The third kappa shape index (κ3) is 3.31. The van der Waals surface area contributed by atoms with Crippen LogP contribution in [0.1, 0.15) is 19.4 Å². The van der Waals surface area contributed by atoms with Crippen LogP contribution in [-0.4, -0.2) is 36.4 Å². The van der Waals surface area contributed by atoms with Gasteiger partial charge in [-0.15, -0.1) is 0 Å². The summed E-state index contributed by atoms with van der Waals surface area (Å²) in [7, 11) is 0. The van der Waals surface area contributed by atoms with E-state index in [0.29, 0.717) is 6.61 Å². The smallest absolute Gasteiger partial charge is 0.304 e. The Kier molecular flexibility index (Phi) is 4.33. The van der Waals surface area contributed by atoms with Gasteiger partial charge in [0.15, 0.2) is 0 Å². The number of nitrogens with zero attached hydrogens (tertiary/aromatic N) is 1. The van der Waals surface area contributed by atoms with Gasteiger partial charge in [0.1, 0.15) is 0 Å². The molecule has 1 aromatic carbocycles. The lowest BCUT2D eigenvalue weighted by atomic mass is 10.1. The van der Waals surface area contributed by atoms with Crippen LogP contribution in [0.4, 0.5) is 0 Å². The molecule has 1 saturated heterocycles. The van der Waals surface area contributed by atoms with Gasteiger partial charge >= 0.3 is 5.97 Å². The van der Waals surface area contributed by atoms with Crippen LogP contribution in [-0.2, 0) is 20.8 Å². The van der Waals surface area contributed by atoms with Gasteiger partial charge in [-0.2, -0.15) is 0 Å². The molecule has 1 fully saturated rings. The van der Waals surface area contributed by atoms with Gasteiger partial charge in [-0.3, -0.25) is 9.69 Å². The maximum absolute atomic E-state index is 11.0. The molecule has 4 heteroatoms. The summed E-state index contributed by atoms with van der Waals surface area (Å²) in [5, 5.41) is 0. The SMILES string of the molecule is CC(=O)OC1OCCN(Cc2ccccc2)C1C. The number of carbonyl (C=O) groups excluding carboxylic acids is 1. The van der Waals surface area contributed by atoms with Crippen LogP contribution in [0.3, 0.4) is 0 Å². The Morgan fingerprint density at radius 1 is 1.44 bits per heavy atom. The second-order valence-corrected chi connectivity index (χ2v) is 4.55. The average molecular weight is 249 g/mol. The monoisotopic (exact) mass is 249 g/mol. The van der Waals surface area contributed by atoms with E-state index < -0.39 is 6.29 Å². The summed E-state index contributed by atoms with van der Waals surface area (Å²) in [6.07, 6.45) is -0.458. The number of rotatable bonds is 3. The Bertz CT molecular complexity index is 393. The minimum Gasteiger partial charge on any atom is -0.434 e.